The molecule has 1 heterocycles. The Hall–Kier alpha value is -2.18. The zero-order valence-corrected chi connectivity index (χ0v) is 15.2. The molecule has 2 rings (SSSR count). The van der Waals surface area contributed by atoms with Crippen LogP contribution in [0, 0.1) is 10.8 Å². The van der Waals surface area contributed by atoms with Gasteiger partial charge in [-0.3, -0.25) is 0 Å². The minimum atomic E-state index is -1.54. The van der Waals surface area contributed by atoms with Crippen LogP contribution in [0.25, 0.3) is 0 Å². The molecule has 1 atom stereocenters. The number of halogens is 1. The second kappa shape index (κ2) is 6.37. The van der Waals surface area contributed by atoms with Crippen LogP contribution in [0.4, 0.5) is 16.2 Å². The minimum Gasteiger partial charge on any atom is -0.386 e. The molecule has 0 spiro atoms. The smallest absolute Gasteiger partial charge is 0.229 e. The molecule has 0 unspecified atom stereocenters. The van der Waals surface area contributed by atoms with Crippen molar-refractivity contribution < 1.29 is 4.39 Å². The summed E-state index contributed by atoms with van der Waals surface area (Å²) in [5, 5.41) is 17.1. The molecule has 1 aliphatic carbocycles. The highest BCUT2D eigenvalue weighted by Crippen LogP contribution is 2.44. The van der Waals surface area contributed by atoms with E-state index >= 15 is 0 Å². The van der Waals surface area contributed by atoms with E-state index in [1.54, 1.807) is 20.2 Å². The Balaban J connectivity index is 2.18. The van der Waals surface area contributed by atoms with Crippen LogP contribution in [0.5, 0.6) is 0 Å². The molecule has 6 nitrogen and oxygen atoms in total. The van der Waals surface area contributed by atoms with Gasteiger partial charge in [0.25, 0.3) is 0 Å². The molecule has 7 heteroatoms. The standard InChI is InChI=1S/C17H27FN6/c1-10(19)12(9-21-13-7-16(13,2)3)23-15-22-8-11(17(4,5)18)14(20-6)24-15/h8-9,13,19,21H,7H2,1-6H3,(H2,20,22,23,24)/b12-9+,19-10?/t13-/m0/s1. The van der Waals surface area contributed by atoms with Crippen LogP contribution in [0.15, 0.2) is 18.1 Å². The Bertz CT molecular complexity index is 660. The van der Waals surface area contributed by atoms with Crippen molar-refractivity contribution in [3.8, 4) is 0 Å². The maximum Gasteiger partial charge on any atom is 0.229 e. The average Bonchev–Trinajstić information content (AvgIpc) is 3.09. The maximum atomic E-state index is 14.2. The molecule has 0 aromatic carbocycles. The van der Waals surface area contributed by atoms with Crippen LogP contribution in [0.3, 0.4) is 0 Å². The van der Waals surface area contributed by atoms with Crippen molar-refractivity contribution in [1.82, 2.24) is 15.3 Å². The Morgan fingerprint density at radius 3 is 2.54 bits per heavy atom. The summed E-state index contributed by atoms with van der Waals surface area (Å²) < 4.78 is 14.2. The van der Waals surface area contributed by atoms with E-state index < -0.39 is 5.67 Å². The van der Waals surface area contributed by atoms with Gasteiger partial charge in [0, 0.05) is 31.0 Å². The summed E-state index contributed by atoms with van der Waals surface area (Å²) in [5.74, 6) is 0.750. The van der Waals surface area contributed by atoms with Crippen LogP contribution in [-0.2, 0) is 5.67 Å². The number of hydrogen-bond acceptors (Lipinski definition) is 6. The van der Waals surface area contributed by atoms with Gasteiger partial charge in [-0.2, -0.15) is 4.98 Å². The summed E-state index contributed by atoms with van der Waals surface area (Å²) in [7, 11) is 1.69. The predicted octanol–water partition coefficient (Wildman–Crippen LogP) is 3.40. The van der Waals surface area contributed by atoms with Gasteiger partial charge in [-0.25, -0.2) is 9.37 Å². The topological polar surface area (TPSA) is 85.7 Å². The fourth-order valence-corrected chi connectivity index (χ4v) is 2.36. The van der Waals surface area contributed by atoms with Crippen LogP contribution in [0.1, 0.15) is 46.6 Å². The third-order valence-electron chi connectivity index (χ3n) is 4.26. The van der Waals surface area contributed by atoms with E-state index in [1.165, 1.54) is 20.0 Å². The summed E-state index contributed by atoms with van der Waals surface area (Å²) in [5.41, 5.74) is 0.108. The van der Waals surface area contributed by atoms with Gasteiger partial charge in [0.15, 0.2) is 0 Å². The van der Waals surface area contributed by atoms with Crippen molar-refractivity contribution >= 4 is 17.5 Å². The van der Waals surface area contributed by atoms with E-state index in [0.29, 0.717) is 40.2 Å². The largest absolute Gasteiger partial charge is 0.386 e. The van der Waals surface area contributed by atoms with Crippen molar-refractivity contribution in [1.29, 1.82) is 5.41 Å². The number of alkyl halides is 1. The van der Waals surface area contributed by atoms with Gasteiger partial charge in [-0.05, 0) is 32.6 Å². The highest BCUT2D eigenvalue weighted by molar-refractivity contribution is 5.97. The zero-order chi connectivity index (χ0) is 18.1. The predicted molar refractivity (Wildman–Crippen MR) is 96.1 cm³/mol. The summed E-state index contributed by atoms with van der Waals surface area (Å²) >= 11 is 0. The van der Waals surface area contributed by atoms with Gasteiger partial charge in [0.2, 0.25) is 5.95 Å². The fraction of sp³-hybridized carbons (Fsp3) is 0.588. The molecule has 0 amide bonds. The first-order valence-electron chi connectivity index (χ1n) is 8.07. The average molecular weight is 334 g/mol. The molecular formula is C17H27FN6. The van der Waals surface area contributed by atoms with Gasteiger partial charge < -0.3 is 21.4 Å². The highest BCUT2D eigenvalue weighted by atomic mass is 19.1. The quantitative estimate of drug-likeness (QED) is 0.574. The Kier molecular flexibility index (Phi) is 4.82. The van der Waals surface area contributed by atoms with E-state index in [9.17, 15) is 4.39 Å². The summed E-state index contributed by atoms with van der Waals surface area (Å²) in [6, 6.07) is 0.414. The number of aromatic nitrogens is 2. The normalized spacial score (nSPS) is 19.6. The van der Waals surface area contributed by atoms with Gasteiger partial charge in [0.1, 0.15) is 11.5 Å². The number of nitrogens with zero attached hydrogens (tertiary/aromatic N) is 2. The minimum absolute atomic E-state index is 0.293. The number of nitrogens with one attached hydrogen (secondary N) is 4. The first-order valence-corrected chi connectivity index (χ1v) is 8.07. The molecule has 0 aliphatic heterocycles. The number of allylic oxidation sites excluding steroid dienone is 1. The van der Waals surface area contributed by atoms with E-state index in [-0.39, 0.29) is 0 Å². The first kappa shape index (κ1) is 18.2. The van der Waals surface area contributed by atoms with E-state index in [4.69, 9.17) is 5.41 Å². The first-order chi connectivity index (χ1) is 11.0. The van der Waals surface area contributed by atoms with E-state index in [0.717, 1.165) is 6.42 Å². The number of rotatable bonds is 7. The lowest BCUT2D eigenvalue weighted by atomic mass is 10.0. The van der Waals surface area contributed by atoms with Crippen molar-refractivity contribution in [2.75, 3.05) is 17.7 Å². The Morgan fingerprint density at radius 1 is 1.46 bits per heavy atom. The van der Waals surface area contributed by atoms with Gasteiger partial charge in [-0.15, -0.1) is 0 Å². The molecule has 1 fully saturated rings. The zero-order valence-electron chi connectivity index (χ0n) is 15.2. The van der Waals surface area contributed by atoms with Crippen molar-refractivity contribution in [3.63, 3.8) is 0 Å². The highest BCUT2D eigenvalue weighted by Gasteiger charge is 2.45. The molecule has 0 saturated heterocycles. The molecular weight excluding hydrogens is 307 g/mol. The Morgan fingerprint density at radius 2 is 2.08 bits per heavy atom. The van der Waals surface area contributed by atoms with E-state index in [1.807, 2.05) is 0 Å². The van der Waals surface area contributed by atoms with Gasteiger partial charge >= 0.3 is 0 Å². The molecule has 132 valence electrons. The molecule has 4 N–H and O–H groups in total. The van der Waals surface area contributed by atoms with Crippen LogP contribution >= 0.6 is 0 Å². The molecule has 1 saturated carbocycles. The second-order valence-electron chi connectivity index (χ2n) is 7.40. The monoisotopic (exact) mass is 334 g/mol. The van der Waals surface area contributed by atoms with Gasteiger partial charge in [0.05, 0.1) is 11.4 Å². The summed E-state index contributed by atoms with van der Waals surface area (Å²) in [4.78, 5) is 8.49. The summed E-state index contributed by atoms with van der Waals surface area (Å²) in [6.07, 6.45) is 4.36. The van der Waals surface area contributed by atoms with Crippen molar-refractivity contribution in [3.05, 3.63) is 23.7 Å². The third kappa shape index (κ3) is 4.21. The lowest BCUT2D eigenvalue weighted by Crippen LogP contribution is -2.20. The van der Waals surface area contributed by atoms with E-state index in [2.05, 4.69) is 39.8 Å². The molecule has 1 aromatic heterocycles. The molecule has 24 heavy (non-hydrogen) atoms. The molecule has 0 bridgehead atoms. The maximum absolute atomic E-state index is 14.2. The second-order valence-corrected chi connectivity index (χ2v) is 7.40. The molecule has 0 radical (unpaired) electrons. The molecule has 1 aliphatic rings. The third-order valence-corrected chi connectivity index (χ3v) is 4.26. The lowest BCUT2D eigenvalue weighted by molar-refractivity contribution is 0.221. The van der Waals surface area contributed by atoms with Crippen molar-refractivity contribution in [2.45, 2.75) is 52.8 Å². The van der Waals surface area contributed by atoms with Crippen LogP contribution in [0.2, 0.25) is 0 Å². The summed E-state index contributed by atoms with van der Waals surface area (Å²) in [6.45, 7) is 9.02. The molecule has 1 aromatic rings. The number of hydrogen-bond donors (Lipinski definition) is 4. The number of anilines is 2. The Labute approximate surface area is 142 Å². The van der Waals surface area contributed by atoms with Crippen LogP contribution in [-0.4, -0.2) is 28.8 Å². The van der Waals surface area contributed by atoms with Crippen molar-refractivity contribution in [2.24, 2.45) is 5.41 Å². The fourth-order valence-electron chi connectivity index (χ4n) is 2.36. The van der Waals surface area contributed by atoms with Gasteiger partial charge in [-0.1, -0.05) is 13.8 Å². The van der Waals surface area contributed by atoms with Crippen LogP contribution < -0.4 is 16.0 Å². The SMILES string of the molecule is CNc1nc(N/C(=C/N[C@H]2CC2(C)C)C(C)=N)ncc1C(C)(C)F. The lowest BCUT2D eigenvalue weighted by Gasteiger charge is -2.18.